The molecule has 0 spiro atoms. The Morgan fingerprint density at radius 2 is 1.31 bits per heavy atom. The van der Waals surface area contributed by atoms with E-state index in [-0.39, 0.29) is 12.1 Å². The highest BCUT2D eigenvalue weighted by atomic mass is 79.9. The predicted octanol–water partition coefficient (Wildman–Crippen LogP) is 7.69. The molecule has 16 nitrogen and oxygen atoms in total. The van der Waals surface area contributed by atoms with E-state index in [2.05, 4.69) is 51.8 Å². The van der Waals surface area contributed by atoms with Gasteiger partial charge in [-0.2, -0.15) is 0 Å². The van der Waals surface area contributed by atoms with Crippen LogP contribution in [0.2, 0.25) is 0 Å². The molecule has 300 valence electrons. The Morgan fingerprint density at radius 3 is 1.81 bits per heavy atom. The summed E-state index contributed by atoms with van der Waals surface area (Å²) in [4.78, 5) is 40.6. The van der Waals surface area contributed by atoms with Gasteiger partial charge in [0.05, 0.1) is 49.6 Å². The molecule has 8 heterocycles. The van der Waals surface area contributed by atoms with Crippen molar-refractivity contribution in [3.8, 4) is 17.4 Å². The SMILES string of the molecule is COc1nc(C2=NC(c3coc4ccccc34)CON2)ccc1-n1cnc(C)c1.COc1nc(C2=NC(c3coc4ccccc34)CON2)ccc1Br.Cc1cnc[nH]1. The third-order valence-electron chi connectivity index (χ3n) is 9.28. The third kappa shape index (κ3) is 8.72. The molecular weight excluding hydrogens is 820 g/mol. The number of pyridine rings is 2. The van der Waals surface area contributed by atoms with Gasteiger partial charge in [0.1, 0.15) is 53.5 Å². The first-order valence-electron chi connectivity index (χ1n) is 18.4. The van der Waals surface area contributed by atoms with Crippen molar-refractivity contribution in [3.05, 3.63) is 149 Å². The Balaban J connectivity index is 0.000000146. The van der Waals surface area contributed by atoms with E-state index in [1.165, 1.54) is 0 Å². The van der Waals surface area contributed by atoms with Crippen molar-refractivity contribution in [3.63, 3.8) is 0 Å². The van der Waals surface area contributed by atoms with Crippen molar-refractivity contribution in [2.24, 2.45) is 9.98 Å². The molecule has 8 aromatic rings. The van der Waals surface area contributed by atoms with Crippen molar-refractivity contribution in [1.82, 2.24) is 40.4 Å². The number of para-hydroxylation sites is 2. The Labute approximate surface area is 346 Å². The van der Waals surface area contributed by atoms with Gasteiger partial charge in [-0.05, 0) is 66.2 Å². The Morgan fingerprint density at radius 1 is 0.729 bits per heavy atom. The number of furan rings is 2. The van der Waals surface area contributed by atoms with Crippen LogP contribution in [-0.4, -0.2) is 68.6 Å². The highest BCUT2D eigenvalue weighted by Gasteiger charge is 2.25. The molecule has 0 amide bonds. The van der Waals surface area contributed by atoms with Gasteiger partial charge < -0.3 is 27.9 Å². The monoisotopic (exact) mass is 858 g/mol. The van der Waals surface area contributed by atoms with Gasteiger partial charge in [0.25, 0.3) is 0 Å². The molecule has 0 radical (unpaired) electrons. The molecule has 10 rings (SSSR count). The van der Waals surface area contributed by atoms with Gasteiger partial charge >= 0.3 is 0 Å². The lowest BCUT2D eigenvalue weighted by Gasteiger charge is -2.21. The zero-order valence-electron chi connectivity index (χ0n) is 32.4. The van der Waals surface area contributed by atoms with Crippen LogP contribution < -0.4 is 20.4 Å². The predicted molar refractivity (Wildman–Crippen MR) is 224 cm³/mol. The fraction of sp³-hybridized carbons (Fsp3) is 0.190. The Hall–Kier alpha value is -6.82. The number of hydroxylamine groups is 2. The summed E-state index contributed by atoms with van der Waals surface area (Å²) >= 11 is 3.39. The summed E-state index contributed by atoms with van der Waals surface area (Å²) in [7, 11) is 3.16. The summed E-state index contributed by atoms with van der Waals surface area (Å²) in [5, 5.41) is 2.07. The molecule has 0 aliphatic carbocycles. The second-order valence-corrected chi connectivity index (χ2v) is 14.1. The molecule has 6 aromatic heterocycles. The van der Waals surface area contributed by atoms with E-state index in [9.17, 15) is 0 Å². The number of aromatic amines is 1. The summed E-state index contributed by atoms with van der Waals surface area (Å²) in [5.74, 6) is 2.06. The number of aromatic nitrogens is 6. The van der Waals surface area contributed by atoms with Gasteiger partial charge in [-0.1, -0.05) is 36.4 Å². The second-order valence-electron chi connectivity index (χ2n) is 13.3. The molecule has 2 unspecified atom stereocenters. The number of amidine groups is 2. The minimum absolute atomic E-state index is 0.165. The van der Waals surface area contributed by atoms with Crippen LogP contribution in [0.4, 0.5) is 0 Å². The van der Waals surface area contributed by atoms with Crippen molar-refractivity contribution in [2.45, 2.75) is 25.9 Å². The number of imidazole rings is 2. The van der Waals surface area contributed by atoms with Gasteiger partial charge in [-0.15, -0.1) is 0 Å². The van der Waals surface area contributed by atoms with Crippen LogP contribution in [0.25, 0.3) is 27.6 Å². The molecule has 2 atom stereocenters. The van der Waals surface area contributed by atoms with E-state index >= 15 is 0 Å². The number of H-pyrrole nitrogens is 1. The maximum Gasteiger partial charge on any atom is 0.238 e. The largest absolute Gasteiger partial charge is 0.480 e. The topological polar surface area (TPSA) is 184 Å². The van der Waals surface area contributed by atoms with E-state index in [4.69, 9.17) is 38.0 Å². The van der Waals surface area contributed by atoms with Crippen molar-refractivity contribution >= 4 is 49.5 Å². The van der Waals surface area contributed by atoms with Gasteiger partial charge in [-0.25, -0.2) is 30.9 Å². The number of aliphatic imine (C=N–C) groups is 2. The number of nitrogens with zero attached hydrogens (tertiary/aromatic N) is 7. The van der Waals surface area contributed by atoms with Crippen molar-refractivity contribution in [1.29, 1.82) is 0 Å². The highest BCUT2D eigenvalue weighted by molar-refractivity contribution is 9.10. The lowest BCUT2D eigenvalue weighted by molar-refractivity contribution is 0.0621. The maximum atomic E-state index is 5.66. The molecule has 17 heteroatoms. The van der Waals surface area contributed by atoms with Crippen LogP contribution in [0.3, 0.4) is 0 Å². The second kappa shape index (κ2) is 17.8. The van der Waals surface area contributed by atoms with Gasteiger partial charge in [-0.3, -0.25) is 19.7 Å². The van der Waals surface area contributed by atoms with Crippen LogP contribution >= 0.6 is 15.9 Å². The van der Waals surface area contributed by atoms with Crippen LogP contribution in [0.15, 0.2) is 134 Å². The van der Waals surface area contributed by atoms with Crippen molar-refractivity contribution < 1.29 is 28.0 Å². The lowest BCUT2D eigenvalue weighted by Crippen LogP contribution is -2.33. The number of halogens is 1. The lowest BCUT2D eigenvalue weighted by atomic mass is 10.1. The van der Waals surface area contributed by atoms with Crippen LogP contribution in [0.5, 0.6) is 11.8 Å². The average molecular weight is 860 g/mol. The maximum absolute atomic E-state index is 5.66. The molecule has 59 heavy (non-hydrogen) atoms. The zero-order chi connectivity index (χ0) is 40.7. The van der Waals surface area contributed by atoms with Gasteiger partial charge in [0.2, 0.25) is 11.8 Å². The normalized spacial score (nSPS) is 16.1. The number of fused-ring (bicyclic) bond motifs is 2. The molecule has 0 saturated heterocycles. The van der Waals surface area contributed by atoms with Crippen LogP contribution in [0.1, 0.15) is 46.0 Å². The van der Waals surface area contributed by atoms with Crippen LogP contribution in [-0.2, 0) is 9.68 Å². The van der Waals surface area contributed by atoms with Crippen molar-refractivity contribution in [2.75, 3.05) is 27.4 Å². The summed E-state index contributed by atoms with van der Waals surface area (Å²) in [5.41, 5.74) is 13.4. The zero-order valence-corrected chi connectivity index (χ0v) is 34.0. The first kappa shape index (κ1) is 39.0. The number of hydrogen-bond acceptors (Lipinski definition) is 14. The van der Waals surface area contributed by atoms with Gasteiger partial charge in [0, 0.05) is 40.0 Å². The summed E-state index contributed by atoms with van der Waals surface area (Å²) in [6.45, 7) is 4.72. The first-order chi connectivity index (χ1) is 28.9. The Bertz CT molecular complexity index is 2740. The molecule has 0 saturated carbocycles. The molecular formula is C42H39BrN10O6. The van der Waals surface area contributed by atoms with E-state index in [0.717, 1.165) is 54.6 Å². The average Bonchev–Trinajstić information content (AvgIpc) is 4.12. The summed E-state index contributed by atoms with van der Waals surface area (Å²) < 4.78 is 24.7. The van der Waals surface area contributed by atoms with E-state index in [0.29, 0.717) is 48.0 Å². The van der Waals surface area contributed by atoms with Crippen LogP contribution in [0, 0.1) is 13.8 Å². The number of nitrogens with one attached hydrogen (secondary N) is 3. The summed E-state index contributed by atoms with van der Waals surface area (Å²) in [6, 6.07) is 22.9. The number of benzene rings is 2. The minimum atomic E-state index is -0.196. The smallest absolute Gasteiger partial charge is 0.238 e. The fourth-order valence-electron chi connectivity index (χ4n) is 6.37. The standard InChI is InChI=1S/C21H19N5O3.C17H14BrN3O3.C4H6N2/c1-13-9-26(12-22-13)18-8-7-16(24-21(18)27-2)20-23-17(11-29-25-20)15-10-28-19-6-4-3-5-14(15)19;1-22-17-12(18)6-7-13(20-17)16-19-14(9-24-21-16)11-8-23-15-5-3-2-4-10(11)15;1-4-2-5-3-6-4/h3-10,12,17H,11H2,1-2H3,(H,23,25);2-8,14H,9H2,1H3,(H,19,21);2-3H,1H3,(H,5,6). The minimum Gasteiger partial charge on any atom is -0.480 e. The quantitative estimate of drug-likeness (QED) is 0.142. The first-order valence-corrected chi connectivity index (χ1v) is 19.2. The molecule has 0 bridgehead atoms. The highest BCUT2D eigenvalue weighted by Crippen LogP contribution is 2.32. The molecule has 0 fully saturated rings. The number of ether oxygens (including phenoxy) is 2. The number of aryl methyl sites for hydroxylation is 2. The molecule has 2 aromatic carbocycles. The van der Waals surface area contributed by atoms with E-state index in [1.807, 2.05) is 97.4 Å². The molecule has 2 aliphatic rings. The fourth-order valence-corrected chi connectivity index (χ4v) is 6.76. The summed E-state index contributed by atoms with van der Waals surface area (Å²) in [6.07, 6.45) is 10.6. The van der Waals surface area contributed by atoms with Gasteiger partial charge in [0.15, 0.2) is 11.7 Å². The molecule has 2 aliphatic heterocycles. The number of rotatable bonds is 7. The number of hydrogen-bond donors (Lipinski definition) is 3. The molecule has 3 N–H and O–H groups in total. The third-order valence-corrected chi connectivity index (χ3v) is 9.88. The van der Waals surface area contributed by atoms with E-state index in [1.54, 1.807) is 45.6 Å². The van der Waals surface area contributed by atoms with E-state index < -0.39 is 0 Å². The number of methoxy groups -OCH3 is 2. The Kier molecular flexibility index (Phi) is 11.7.